The maximum absolute atomic E-state index is 12.6. The van der Waals surface area contributed by atoms with Gasteiger partial charge in [-0.15, -0.1) is 16.4 Å². The average Bonchev–Trinajstić information content (AvgIpc) is 3.35. The molecule has 2 amide bonds. The number of likely N-dealkylation sites (tertiary alicyclic amines) is 1. The van der Waals surface area contributed by atoms with Gasteiger partial charge >= 0.3 is 0 Å². The summed E-state index contributed by atoms with van der Waals surface area (Å²) in [5, 5.41) is 9.16. The number of thiazole rings is 1. The summed E-state index contributed by atoms with van der Waals surface area (Å²) >= 11 is 1.44. The predicted octanol–water partition coefficient (Wildman–Crippen LogP) is 2.66. The highest BCUT2D eigenvalue weighted by molar-refractivity contribution is 7.15. The summed E-state index contributed by atoms with van der Waals surface area (Å²) in [7, 11) is 1.62. The molecule has 1 aliphatic rings. The third-order valence-electron chi connectivity index (χ3n) is 4.83. The number of aromatic nitrogens is 3. The number of hydrogen-bond acceptors (Lipinski definition) is 6. The Morgan fingerprint density at radius 3 is 2.93 bits per heavy atom. The van der Waals surface area contributed by atoms with Crippen LogP contribution in [0.25, 0.3) is 16.2 Å². The van der Waals surface area contributed by atoms with E-state index in [0.717, 1.165) is 17.0 Å². The van der Waals surface area contributed by atoms with Crippen LogP contribution >= 0.6 is 11.3 Å². The standard InChI is InChI=1S/C19H21N5O3S/c1-11(2)23-9-13(8-16(23)25)17(26)20-18-21-19-24(22-18)15(10-28-19)12-5-4-6-14(7-12)27-3/h4-7,10-11,13H,8-9H2,1-3H3,(H,20,22,26). The van der Waals surface area contributed by atoms with Crippen LogP contribution in [-0.2, 0) is 9.59 Å². The summed E-state index contributed by atoms with van der Waals surface area (Å²) in [6.45, 7) is 4.33. The summed E-state index contributed by atoms with van der Waals surface area (Å²) < 4.78 is 6.99. The van der Waals surface area contributed by atoms with Crippen LogP contribution in [0.1, 0.15) is 20.3 Å². The van der Waals surface area contributed by atoms with Crippen molar-refractivity contribution in [2.75, 3.05) is 19.0 Å². The molecule has 146 valence electrons. The minimum absolute atomic E-state index is 0.00856. The Morgan fingerprint density at radius 2 is 2.21 bits per heavy atom. The van der Waals surface area contributed by atoms with E-state index in [9.17, 15) is 9.59 Å². The fourth-order valence-electron chi connectivity index (χ4n) is 3.33. The molecule has 3 aromatic rings. The minimum Gasteiger partial charge on any atom is -0.497 e. The lowest BCUT2D eigenvalue weighted by atomic mass is 10.1. The molecule has 0 saturated carbocycles. The molecule has 1 aromatic carbocycles. The van der Waals surface area contributed by atoms with E-state index in [1.54, 1.807) is 16.5 Å². The van der Waals surface area contributed by atoms with Crippen LogP contribution in [0.4, 0.5) is 5.95 Å². The minimum atomic E-state index is -0.380. The lowest BCUT2D eigenvalue weighted by molar-refractivity contribution is -0.129. The number of benzene rings is 1. The van der Waals surface area contributed by atoms with Gasteiger partial charge in [0.1, 0.15) is 5.75 Å². The Labute approximate surface area is 166 Å². The average molecular weight is 399 g/mol. The van der Waals surface area contributed by atoms with Gasteiger partial charge in [-0.05, 0) is 26.0 Å². The van der Waals surface area contributed by atoms with Gasteiger partial charge in [-0.3, -0.25) is 14.9 Å². The Hall–Kier alpha value is -2.94. The summed E-state index contributed by atoms with van der Waals surface area (Å²) in [5.74, 6) is 0.406. The first-order chi connectivity index (χ1) is 13.5. The number of nitrogens with one attached hydrogen (secondary N) is 1. The van der Waals surface area contributed by atoms with Gasteiger partial charge in [0.15, 0.2) is 0 Å². The highest BCUT2D eigenvalue weighted by Crippen LogP contribution is 2.28. The van der Waals surface area contributed by atoms with E-state index in [2.05, 4.69) is 15.4 Å². The number of rotatable bonds is 5. The van der Waals surface area contributed by atoms with Gasteiger partial charge in [0.05, 0.1) is 18.7 Å². The van der Waals surface area contributed by atoms with Gasteiger partial charge in [0.2, 0.25) is 22.7 Å². The Balaban J connectivity index is 1.54. The highest BCUT2D eigenvalue weighted by atomic mass is 32.1. The number of amides is 2. The van der Waals surface area contributed by atoms with E-state index in [4.69, 9.17) is 4.74 Å². The van der Waals surface area contributed by atoms with Crippen molar-refractivity contribution in [3.8, 4) is 17.0 Å². The molecule has 1 fully saturated rings. The van der Waals surface area contributed by atoms with E-state index < -0.39 is 0 Å². The van der Waals surface area contributed by atoms with Gasteiger partial charge in [0, 0.05) is 30.0 Å². The first-order valence-electron chi connectivity index (χ1n) is 9.05. The molecule has 0 bridgehead atoms. The molecule has 1 N–H and O–H groups in total. The predicted molar refractivity (Wildman–Crippen MR) is 106 cm³/mol. The summed E-state index contributed by atoms with van der Waals surface area (Å²) in [4.78, 5) is 31.4. The van der Waals surface area contributed by atoms with Gasteiger partial charge in [-0.25, -0.2) is 4.52 Å². The third kappa shape index (κ3) is 3.33. The molecule has 1 atom stereocenters. The molecule has 1 aliphatic heterocycles. The van der Waals surface area contributed by atoms with Crippen LogP contribution in [0.3, 0.4) is 0 Å². The molecular weight excluding hydrogens is 378 g/mol. The zero-order valence-corrected chi connectivity index (χ0v) is 16.7. The van der Waals surface area contributed by atoms with Crippen molar-refractivity contribution in [2.45, 2.75) is 26.3 Å². The molecule has 1 unspecified atom stereocenters. The van der Waals surface area contributed by atoms with Crippen molar-refractivity contribution < 1.29 is 14.3 Å². The maximum atomic E-state index is 12.6. The molecule has 3 heterocycles. The Morgan fingerprint density at radius 1 is 1.39 bits per heavy atom. The van der Waals surface area contributed by atoms with Crippen LogP contribution in [0.2, 0.25) is 0 Å². The van der Waals surface area contributed by atoms with Gasteiger partial charge < -0.3 is 9.64 Å². The Bertz CT molecular complexity index is 1040. The summed E-state index contributed by atoms with van der Waals surface area (Å²) in [6.07, 6.45) is 0.224. The molecule has 9 heteroatoms. The van der Waals surface area contributed by atoms with E-state index in [1.165, 1.54) is 11.3 Å². The van der Waals surface area contributed by atoms with Gasteiger partial charge in [-0.1, -0.05) is 12.1 Å². The molecule has 0 spiro atoms. The quantitative estimate of drug-likeness (QED) is 0.713. The molecular formula is C19H21N5O3S. The van der Waals surface area contributed by atoms with Crippen molar-refractivity contribution >= 4 is 34.1 Å². The molecule has 0 aliphatic carbocycles. The fourth-order valence-corrected chi connectivity index (χ4v) is 4.16. The second-order valence-electron chi connectivity index (χ2n) is 7.01. The molecule has 1 saturated heterocycles. The zero-order valence-electron chi connectivity index (χ0n) is 15.9. The molecule has 8 nitrogen and oxygen atoms in total. The van der Waals surface area contributed by atoms with Crippen LogP contribution in [0.15, 0.2) is 29.6 Å². The number of ether oxygens (including phenoxy) is 1. The monoisotopic (exact) mass is 399 g/mol. The number of carbonyl (C=O) groups is 2. The topological polar surface area (TPSA) is 88.8 Å². The first-order valence-corrected chi connectivity index (χ1v) is 9.93. The number of methoxy groups -OCH3 is 1. The van der Waals surface area contributed by atoms with E-state index in [1.807, 2.05) is 43.5 Å². The summed E-state index contributed by atoms with van der Waals surface area (Å²) in [6, 6.07) is 7.77. The second kappa shape index (κ2) is 7.23. The SMILES string of the molecule is COc1cccc(-c2csc3nc(NC(=O)C4CC(=O)N(C(C)C)C4)nn23)c1. The van der Waals surface area contributed by atoms with Crippen molar-refractivity contribution in [2.24, 2.45) is 5.92 Å². The number of nitrogens with zero attached hydrogens (tertiary/aromatic N) is 4. The van der Waals surface area contributed by atoms with Crippen molar-refractivity contribution in [3.05, 3.63) is 29.6 Å². The number of hydrogen-bond donors (Lipinski definition) is 1. The van der Waals surface area contributed by atoms with E-state index >= 15 is 0 Å². The van der Waals surface area contributed by atoms with Crippen molar-refractivity contribution in [1.29, 1.82) is 0 Å². The van der Waals surface area contributed by atoms with Crippen molar-refractivity contribution in [3.63, 3.8) is 0 Å². The lowest BCUT2D eigenvalue weighted by Gasteiger charge is -2.20. The fraction of sp³-hybridized carbons (Fsp3) is 0.368. The second-order valence-corrected chi connectivity index (χ2v) is 7.85. The first kappa shape index (κ1) is 18.4. The third-order valence-corrected chi connectivity index (χ3v) is 5.65. The zero-order chi connectivity index (χ0) is 19.8. The van der Waals surface area contributed by atoms with Crippen LogP contribution < -0.4 is 10.1 Å². The number of carbonyl (C=O) groups excluding carboxylic acids is 2. The largest absolute Gasteiger partial charge is 0.497 e. The molecule has 28 heavy (non-hydrogen) atoms. The molecule has 0 radical (unpaired) electrons. The molecule has 4 rings (SSSR count). The normalized spacial score (nSPS) is 16.9. The maximum Gasteiger partial charge on any atom is 0.250 e. The summed E-state index contributed by atoms with van der Waals surface area (Å²) in [5.41, 5.74) is 1.82. The van der Waals surface area contributed by atoms with Crippen molar-refractivity contribution in [1.82, 2.24) is 19.5 Å². The number of fused-ring (bicyclic) bond motifs is 1. The molecule has 2 aromatic heterocycles. The van der Waals surface area contributed by atoms with Gasteiger partial charge in [-0.2, -0.15) is 4.98 Å². The lowest BCUT2D eigenvalue weighted by Crippen LogP contribution is -2.33. The van der Waals surface area contributed by atoms with E-state index in [0.29, 0.717) is 11.5 Å². The van der Waals surface area contributed by atoms with Crippen LogP contribution in [0.5, 0.6) is 5.75 Å². The van der Waals surface area contributed by atoms with E-state index in [-0.39, 0.29) is 36.1 Å². The smallest absolute Gasteiger partial charge is 0.250 e. The van der Waals surface area contributed by atoms with Crippen LogP contribution in [-0.4, -0.2) is 51.0 Å². The highest BCUT2D eigenvalue weighted by Gasteiger charge is 2.35. The number of anilines is 1. The van der Waals surface area contributed by atoms with Gasteiger partial charge in [0.25, 0.3) is 0 Å². The van der Waals surface area contributed by atoms with Crippen LogP contribution in [0, 0.1) is 5.92 Å². The Kier molecular flexibility index (Phi) is 4.76.